The lowest BCUT2D eigenvalue weighted by atomic mass is 9.69. The SMILES string of the molecule is CC1(C)CCN2CCC(C)(C)c3c2c1cc1cc(-c2cccc(-c4cncc(-c5ccc6cc(-c7cc8c9ccccc9c9ccccc9c8oc7=O)ccc6c5)n4)c2)c(=O)oc31. The highest BCUT2D eigenvalue weighted by Gasteiger charge is 2.42. The van der Waals surface area contributed by atoms with Crippen LogP contribution >= 0.6 is 0 Å². The van der Waals surface area contributed by atoms with Gasteiger partial charge in [-0.3, -0.25) is 4.98 Å². The fourth-order valence-corrected chi connectivity index (χ4v) is 10.4. The largest absolute Gasteiger partial charge is 0.422 e. The molecule has 63 heavy (non-hydrogen) atoms. The summed E-state index contributed by atoms with van der Waals surface area (Å²) in [7, 11) is 0. The molecule has 0 saturated heterocycles. The normalized spacial score (nSPS) is 15.4. The second kappa shape index (κ2) is 13.6. The fraction of sp³-hybridized carbons (Fsp3) is 0.179. The molecule has 0 fully saturated rings. The third kappa shape index (κ3) is 5.86. The molecule has 7 aromatic carbocycles. The standard InChI is InChI=1S/C56H43N3O4/c1-55(2)20-22-59-23-21-56(3,4)49-50(59)46(55)28-38-27-43(53(60)62-51(38)49)34-10-9-11-36(26-34)47-30-57-31-48(58-47)37-19-17-32-24-35(18-16-33(32)25-37)44-29-45-41-14-6-5-12-39(41)40-13-7-8-15-42(40)52(45)63-54(44)61/h5-19,24-31H,20-23H2,1-4H3. The molecule has 7 heteroatoms. The number of aromatic nitrogens is 2. The molecule has 3 aromatic heterocycles. The molecule has 0 N–H and O–H groups in total. The lowest BCUT2D eigenvalue weighted by Crippen LogP contribution is -2.44. The van der Waals surface area contributed by atoms with Crippen molar-refractivity contribution in [2.45, 2.75) is 51.4 Å². The molecule has 0 atom stereocenters. The summed E-state index contributed by atoms with van der Waals surface area (Å²) in [5.74, 6) is 0. The van der Waals surface area contributed by atoms with Crippen LogP contribution in [0.15, 0.2) is 158 Å². The summed E-state index contributed by atoms with van der Waals surface area (Å²) >= 11 is 0. The Morgan fingerprint density at radius 1 is 0.508 bits per heavy atom. The Labute approximate surface area is 363 Å². The zero-order valence-electron chi connectivity index (χ0n) is 35.6. The van der Waals surface area contributed by atoms with E-state index in [-0.39, 0.29) is 22.1 Å². The van der Waals surface area contributed by atoms with Gasteiger partial charge in [-0.25, -0.2) is 14.6 Å². The highest BCUT2D eigenvalue weighted by Crippen LogP contribution is 2.52. The molecule has 2 aliphatic heterocycles. The van der Waals surface area contributed by atoms with Crippen molar-refractivity contribution in [3.63, 3.8) is 0 Å². The lowest BCUT2D eigenvalue weighted by Gasteiger charge is -2.48. The first-order valence-corrected chi connectivity index (χ1v) is 21.8. The van der Waals surface area contributed by atoms with Crippen LogP contribution in [0.2, 0.25) is 0 Å². The molecule has 0 aliphatic carbocycles. The van der Waals surface area contributed by atoms with Crippen molar-refractivity contribution < 1.29 is 8.83 Å². The molecule has 5 heterocycles. The zero-order valence-corrected chi connectivity index (χ0v) is 35.6. The monoisotopic (exact) mass is 821 g/mol. The molecule has 2 aliphatic rings. The van der Waals surface area contributed by atoms with Crippen LogP contribution in [0.3, 0.4) is 0 Å². The number of rotatable bonds is 4. The summed E-state index contributed by atoms with van der Waals surface area (Å²) < 4.78 is 12.4. The first kappa shape index (κ1) is 37.4. The van der Waals surface area contributed by atoms with E-state index in [4.69, 9.17) is 13.8 Å². The van der Waals surface area contributed by atoms with E-state index in [2.05, 4.69) is 74.0 Å². The topological polar surface area (TPSA) is 89.4 Å². The Balaban J connectivity index is 0.888. The summed E-state index contributed by atoms with van der Waals surface area (Å²) in [5.41, 5.74) is 10.0. The molecule has 0 radical (unpaired) electrons. The smallest absolute Gasteiger partial charge is 0.344 e. The van der Waals surface area contributed by atoms with Crippen LogP contribution in [0.25, 0.3) is 99.0 Å². The van der Waals surface area contributed by atoms with Crippen molar-refractivity contribution in [3.8, 4) is 44.8 Å². The summed E-state index contributed by atoms with van der Waals surface area (Å²) in [5, 5.41) is 8.01. The van der Waals surface area contributed by atoms with E-state index in [1.807, 2.05) is 91.0 Å². The minimum absolute atomic E-state index is 0.0126. The number of nitrogens with zero attached hydrogens (tertiary/aromatic N) is 3. The molecule has 7 nitrogen and oxygen atoms in total. The minimum Gasteiger partial charge on any atom is -0.422 e. The Hall–Kier alpha value is -7.38. The third-order valence-corrected chi connectivity index (χ3v) is 13.9. The van der Waals surface area contributed by atoms with Gasteiger partial charge in [0.2, 0.25) is 0 Å². The Morgan fingerprint density at radius 3 is 1.79 bits per heavy atom. The summed E-state index contributed by atoms with van der Waals surface area (Å²) in [4.78, 5) is 39.7. The first-order chi connectivity index (χ1) is 30.5. The van der Waals surface area contributed by atoms with Crippen LogP contribution in [-0.4, -0.2) is 23.1 Å². The lowest BCUT2D eigenvalue weighted by molar-refractivity contribution is 0.398. The number of hydrogen-bond acceptors (Lipinski definition) is 7. The second-order valence-corrected chi connectivity index (χ2v) is 18.7. The number of anilines is 1. The van der Waals surface area contributed by atoms with Crippen molar-refractivity contribution in [1.29, 1.82) is 0 Å². The van der Waals surface area contributed by atoms with Gasteiger partial charge in [0.25, 0.3) is 0 Å². The van der Waals surface area contributed by atoms with Crippen LogP contribution in [0, 0.1) is 0 Å². The average Bonchev–Trinajstić information content (AvgIpc) is 3.30. The molecular formula is C56H43N3O4. The first-order valence-electron chi connectivity index (χ1n) is 21.8. The van der Waals surface area contributed by atoms with Crippen molar-refractivity contribution in [2.75, 3.05) is 18.0 Å². The van der Waals surface area contributed by atoms with Crippen LogP contribution in [0.5, 0.6) is 0 Å². The molecule has 306 valence electrons. The summed E-state index contributed by atoms with van der Waals surface area (Å²) in [6, 6.07) is 42.8. The van der Waals surface area contributed by atoms with Gasteiger partial charge in [0, 0.05) is 51.6 Å². The van der Waals surface area contributed by atoms with Crippen LogP contribution in [-0.2, 0) is 10.8 Å². The van der Waals surface area contributed by atoms with Crippen molar-refractivity contribution >= 4 is 59.9 Å². The second-order valence-electron chi connectivity index (χ2n) is 18.7. The fourth-order valence-electron chi connectivity index (χ4n) is 10.4. The van der Waals surface area contributed by atoms with Gasteiger partial charge in [-0.1, -0.05) is 119 Å². The van der Waals surface area contributed by atoms with E-state index >= 15 is 0 Å². The zero-order chi connectivity index (χ0) is 42.8. The van der Waals surface area contributed by atoms with Gasteiger partial charge < -0.3 is 13.7 Å². The molecule has 0 saturated carbocycles. The molecule has 0 unspecified atom stereocenters. The summed E-state index contributed by atoms with van der Waals surface area (Å²) in [6.07, 6.45) is 5.62. The van der Waals surface area contributed by atoms with E-state index in [9.17, 15) is 9.59 Å². The van der Waals surface area contributed by atoms with Gasteiger partial charge in [0.1, 0.15) is 11.2 Å². The molecule has 0 spiro atoms. The maximum absolute atomic E-state index is 13.9. The predicted molar refractivity (Wildman–Crippen MR) is 256 cm³/mol. The van der Waals surface area contributed by atoms with Gasteiger partial charge in [-0.05, 0) is 104 Å². The van der Waals surface area contributed by atoms with E-state index < -0.39 is 0 Å². The van der Waals surface area contributed by atoms with Crippen LogP contribution < -0.4 is 16.2 Å². The average molecular weight is 822 g/mol. The van der Waals surface area contributed by atoms with Gasteiger partial charge in [0.05, 0.1) is 34.9 Å². The number of hydrogen-bond donors (Lipinski definition) is 0. The maximum Gasteiger partial charge on any atom is 0.344 e. The van der Waals surface area contributed by atoms with E-state index in [0.717, 1.165) is 103 Å². The van der Waals surface area contributed by atoms with Gasteiger partial charge in [-0.2, -0.15) is 0 Å². The van der Waals surface area contributed by atoms with Gasteiger partial charge >= 0.3 is 11.3 Å². The van der Waals surface area contributed by atoms with Crippen molar-refractivity contribution in [3.05, 3.63) is 172 Å². The molecule has 10 aromatic rings. The number of fused-ring (bicyclic) bond motifs is 9. The van der Waals surface area contributed by atoms with Crippen LogP contribution in [0.4, 0.5) is 5.69 Å². The van der Waals surface area contributed by atoms with E-state index in [0.29, 0.717) is 28.0 Å². The van der Waals surface area contributed by atoms with Crippen molar-refractivity contribution in [1.82, 2.24) is 9.97 Å². The molecular weight excluding hydrogens is 779 g/mol. The third-order valence-electron chi connectivity index (χ3n) is 13.9. The predicted octanol–water partition coefficient (Wildman–Crippen LogP) is 13.0. The highest BCUT2D eigenvalue weighted by atomic mass is 16.4. The molecule has 12 rings (SSSR count). The van der Waals surface area contributed by atoms with Gasteiger partial charge in [-0.15, -0.1) is 0 Å². The minimum atomic E-state index is -0.371. The van der Waals surface area contributed by atoms with Crippen LogP contribution in [0.1, 0.15) is 51.7 Å². The highest BCUT2D eigenvalue weighted by molar-refractivity contribution is 6.24. The molecule has 0 amide bonds. The number of benzene rings is 7. The Kier molecular flexibility index (Phi) is 8.05. The summed E-state index contributed by atoms with van der Waals surface area (Å²) in [6.45, 7) is 11.2. The van der Waals surface area contributed by atoms with E-state index in [1.54, 1.807) is 12.4 Å². The van der Waals surface area contributed by atoms with E-state index in [1.165, 1.54) is 11.3 Å². The Morgan fingerprint density at radius 2 is 1.06 bits per heavy atom. The quantitative estimate of drug-likeness (QED) is 0.129. The molecule has 0 bridgehead atoms. The maximum atomic E-state index is 13.9. The Bertz CT molecular complexity index is 3710. The van der Waals surface area contributed by atoms with Crippen molar-refractivity contribution in [2.24, 2.45) is 0 Å². The van der Waals surface area contributed by atoms with Gasteiger partial charge in [0.15, 0.2) is 0 Å².